The van der Waals surface area contributed by atoms with Gasteiger partial charge in [-0.15, -0.1) is 0 Å². The van der Waals surface area contributed by atoms with Crippen molar-refractivity contribution in [1.82, 2.24) is 9.62 Å². The van der Waals surface area contributed by atoms with Crippen LogP contribution in [0.15, 0.2) is 0 Å². The van der Waals surface area contributed by atoms with Crippen LogP contribution < -0.4 is 4.72 Å². The van der Waals surface area contributed by atoms with Gasteiger partial charge in [-0.2, -0.15) is 0 Å². The van der Waals surface area contributed by atoms with Crippen molar-refractivity contribution in [2.75, 3.05) is 25.7 Å². The van der Waals surface area contributed by atoms with Gasteiger partial charge in [0.15, 0.2) is 0 Å². The average Bonchev–Trinajstić information content (AvgIpc) is 2.45. The van der Waals surface area contributed by atoms with Crippen LogP contribution in [0, 0.1) is 5.92 Å². The molecule has 2 aliphatic rings. The molecule has 6 heteroatoms. The lowest BCUT2D eigenvalue weighted by molar-refractivity contribution is -0.136. The number of carbonyl (C=O) groups is 1. The minimum atomic E-state index is -2.34. The van der Waals surface area contributed by atoms with Crippen LogP contribution in [0.1, 0.15) is 52.4 Å². The van der Waals surface area contributed by atoms with Gasteiger partial charge >= 0.3 is 0 Å². The van der Waals surface area contributed by atoms with Gasteiger partial charge in [-0.05, 0) is 44.4 Å². The summed E-state index contributed by atoms with van der Waals surface area (Å²) in [6, 6.07) is 0.0600. The van der Waals surface area contributed by atoms with Gasteiger partial charge in [0.05, 0.1) is 18.8 Å². The molecule has 23 heavy (non-hydrogen) atoms. The Bertz CT molecular complexity index is 443. The average molecular weight is 347 g/mol. The summed E-state index contributed by atoms with van der Waals surface area (Å²) in [6.07, 6.45) is 10.4. The summed E-state index contributed by atoms with van der Waals surface area (Å²) < 4.78 is 21.6. The van der Waals surface area contributed by atoms with Crippen LogP contribution in [0.2, 0.25) is 0 Å². The fourth-order valence-electron chi connectivity index (χ4n) is 3.83. The standard InChI is InChI=1S/C17H34N2O3S/c1-13-7-9-15(10-8-13)22-12-17-16(18-23(3,4)21)6-5-11-19(17)14(2)20/h13,15-17,23H,5-12H2,1-4H3,(H,18,21)/t13-,15+,16-,17-/m0/s1. The van der Waals surface area contributed by atoms with E-state index in [1.807, 2.05) is 4.90 Å². The Morgan fingerprint density at radius 1 is 1.22 bits per heavy atom. The van der Waals surface area contributed by atoms with Crippen LogP contribution in [0.25, 0.3) is 0 Å². The second-order valence-corrected chi connectivity index (χ2v) is 10.7. The maximum atomic E-state index is 12.2. The van der Waals surface area contributed by atoms with E-state index >= 15 is 0 Å². The van der Waals surface area contributed by atoms with Gasteiger partial charge in [0.1, 0.15) is 0 Å². The number of piperidine rings is 1. The molecule has 136 valence electrons. The third-order valence-corrected chi connectivity index (χ3v) is 6.08. The zero-order valence-electron chi connectivity index (χ0n) is 15.1. The Labute approximate surface area is 142 Å². The monoisotopic (exact) mass is 346 g/mol. The van der Waals surface area contributed by atoms with Gasteiger partial charge in [0.25, 0.3) is 0 Å². The summed E-state index contributed by atoms with van der Waals surface area (Å²) in [6.45, 7) is 5.25. The second kappa shape index (κ2) is 8.08. The predicted octanol–water partition coefficient (Wildman–Crippen LogP) is 1.74. The number of nitrogens with one attached hydrogen (secondary N) is 1. The molecule has 0 spiro atoms. The molecule has 0 aromatic heterocycles. The van der Waals surface area contributed by atoms with E-state index in [1.165, 1.54) is 12.8 Å². The predicted molar refractivity (Wildman–Crippen MR) is 96.1 cm³/mol. The highest BCUT2D eigenvalue weighted by Crippen LogP contribution is 2.27. The lowest BCUT2D eigenvalue weighted by atomic mass is 9.89. The molecule has 1 amide bonds. The fraction of sp³-hybridized carbons (Fsp3) is 0.941. The summed E-state index contributed by atoms with van der Waals surface area (Å²) in [5.41, 5.74) is 0. The highest BCUT2D eigenvalue weighted by molar-refractivity contribution is 7.99. The highest BCUT2D eigenvalue weighted by Gasteiger charge is 2.35. The first-order valence-corrected chi connectivity index (χ1v) is 11.6. The van der Waals surface area contributed by atoms with Crippen LogP contribution in [0.5, 0.6) is 0 Å². The van der Waals surface area contributed by atoms with Crippen LogP contribution in [0.4, 0.5) is 0 Å². The number of rotatable bonds is 5. The van der Waals surface area contributed by atoms with Crippen molar-refractivity contribution in [3.8, 4) is 0 Å². The topological polar surface area (TPSA) is 58.6 Å². The van der Waals surface area contributed by atoms with Crippen molar-refractivity contribution >= 4 is 16.0 Å². The molecule has 1 saturated carbocycles. The van der Waals surface area contributed by atoms with Crippen LogP contribution in [-0.4, -0.2) is 58.9 Å². The molecular formula is C17H34N2O3S. The normalized spacial score (nSPS) is 33.5. The first kappa shape index (κ1) is 18.9. The number of carbonyl (C=O) groups excluding carboxylic acids is 1. The Morgan fingerprint density at radius 2 is 1.87 bits per heavy atom. The van der Waals surface area contributed by atoms with Crippen molar-refractivity contribution in [2.45, 2.75) is 70.6 Å². The summed E-state index contributed by atoms with van der Waals surface area (Å²) in [7, 11) is -2.34. The molecule has 5 nitrogen and oxygen atoms in total. The van der Waals surface area contributed by atoms with E-state index in [0.29, 0.717) is 12.7 Å². The summed E-state index contributed by atoms with van der Waals surface area (Å²) in [5, 5.41) is 0. The van der Waals surface area contributed by atoms with Gasteiger partial charge in [0.2, 0.25) is 5.91 Å². The molecular weight excluding hydrogens is 312 g/mol. The number of thiol groups is 1. The Hall–Kier alpha value is -0.460. The van der Waals surface area contributed by atoms with E-state index in [9.17, 15) is 9.00 Å². The molecule has 0 unspecified atom stereocenters. The first-order valence-electron chi connectivity index (χ1n) is 8.98. The fourth-order valence-corrected chi connectivity index (χ4v) is 4.93. The highest BCUT2D eigenvalue weighted by atomic mass is 32.3. The Morgan fingerprint density at radius 3 is 2.43 bits per heavy atom. The van der Waals surface area contributed by atoms with Gasteiger partial charge in [0, 0.05) is 32.0 Å². The van der Waals surface area contributed by atoms with Crippen molar-refractivity contribution in [2.24, 2.45) is 5.92 Å². The maximum Gasteiger partial charge on any atom is 0.219 e. The number of likely N-dealkylation sites (tertiary alicyclic amines) is 1. The zero-order chi connectivity index (χ0) is 17.0. The van der Waals surface area contributed by atoms with E-state index < -0.39 is 10.1 Å². The molecule has 1 heterocycles. The van der Waals surface area contributed by atoms with Crippen LogP contribution >= 0.6 is 0 Å². The minimum absolute atomic E-state index is 0.00572. The molecule has 2 fully saturated rings. The van der Waals surface area contributed by atoms with Crippen LogP contribution in [0.3, 0.4) is 0 Å². The van der Waals surface area contributed by atoms with Gasteiger partial charge in [-0.1, -0.05) is 17.0 Å². The maximum absolute atomic E-state index is 12.2. The van der Waals surface area contributed by atoms with E-state index in [2.05, 4.69) is 11.6 Å². The van der Waals surface area contributed by atoms with Crippen molar-refractivity contribution in [3.05, 3.63) is 0 Å². The van der Waals surface area contributed by atoms with E-state index in [4.69, 9.17) is 4.74 Å². The molecule has 0 bridgehead atoms. The lowest BCUT2D eigenvalue weighted by Crippen LogP contribution is -2.59. The number of nitrogens with zero attached hydrogens (tertiary/aromatic N) is 1. The van der Waals surface area contributed by atoms with Crippen LogP contribution in [-0.2, 0) is 19.7 Å². The Kier molecular flexibility index (Phi) is 6.63. The van der Waals surface area contributed by atoms with E-state index in [0.717, 1.165) is 38.1 Å². The molecule has 1 aliphatic carbocycles. The summed E-state index contributed by atoms with van der Waals surface area (Å²) in [4.78, 5) is 13.9. The number of amides is 1. The van der Waals surface area contributed by atoms with Gasteiger partial charge in [-0.25, -0.2) is 0 Å². The summed E-state index contributed by atoms with van der Waals surface area (Å²) >= 11 is 0. The quantitative estimate of drug-likeness (QED) is 0.746. The smallest absolute Gasteiger partial charge is 0.219 e. The van der Waals surface area contributed by atoms with Crippen molar-refractivity contribution < 1.29 is 13.7 Å². The lowest BCUT2D eigenvalue weighted by Gasteiger charge is -2.43. The molecule has 0 aromatic carbocycles. The Balaban J connectivity index is 1.98. The van der Waals surface area contributed by atoms with Gasteiger partial charge < -0.3 is 9.64 Å². The second-order valence-electron chi connectivity index (χ2n) is 7.72. The minimum Gasteiger partial charge on any atom is -0.376 e. The molecule has 1 N–H and O–H groups in total. The molecule has 2 atom stereocenters. The van der Waals surface area contributed by atoms with E-state index in [1.54, 1.807) is 19.4 Å². The van der Waals surface area contributed by atoms with Gasteiger partial charge in [-0.3, -0.25) is 13.7 Å². The number of hydrogen-bond acceptors (Lipinski definition) is 3. The number of ether oxygens (including phenoxy) is 1. The SMILES string of the molecule is CC(=O)N1CCC[C@H](N[SH](C)(C)=O)[C@@H]1CO[C@H]1CC[C@@H](C)CC1. The number of hydrogen-bond donors (Lipinski definition) is 2. The zero-order valence-corrected chi connectivity index (χ0v) is 16.0. The molecule has 0 radical (unpaired) electrons. The third kappa shape index (κ3) is 5.84. The molecule has 2 rings (SSSR count). The first-order chi connectivity index (χ1) is 10.8. The molecule has 1 saturated heterocycles. The van der Waals surface area contributed by atoms with Crippen molar-refractivity contribution in [3.63, 3.8) is 0 Å². The largest absolute Gasteiger partial charge is 0.376 e. The van der Waals surface area contributed by atoms with Crippen molar-refractivity contribution in [1.29, 1.82) is 0 Å². The molecule has 1 aliphatic heterocycles. The third-order valence-electron chi connectivity index (χ3n) is 5.13. The molecule has 0 aromatic rings. The summed E-state index contributed by atoms with van der Waals surface area (Å²) in [5.74, 6) is 0.892. The van der Waals surface area contributed by atoms with E-state index in [-0.39, 0.29) is 18.0 Å².